The number of para-hydroxylation sites is 6. The molecule has 12 heterocycles. The first kappa shape index (κ1) is 64.0. The molecule has 0 unspecified atom stereocenters. The van der Waals surface area contributed by atoms with E-state index < -0.39 is 0 Å². The van der Waals surface area contributed by atoms with Crippen molar-refractivity contribution in [2.75, 3.05) is 0 Å². The van der Waals surface area contributed by atoms with Crippen molar-refractivity contribution < 1.29 is 0 Å². The number of rotatable bonds is 9. The molecule has 0 spiro atoms. The van der Waals surface area contributed by atoms with Crippen molar-refractivity contribution in [3.8, 4) is 63.8 Å². The molecule has 0 saturated carbocycles. The fraction of sp³-hybridized carbons (Fsp3) is 0. The van der Waals surface area contributed by atoms with Gasteiger partial charge in [-0.1, -0.05) is 246 Å². The van der Waals surface area contributed by atoms with Crippen molar-refractivity contribution >= 4 is 165 Å². The van der Waals surface area contributed by atoms with Gasteiger partial charge in [-0.15, -0.1) is 0 Å². The van der Waals surface area contributed by atoms with Crippen LogP contribution in [0.4, 0.5) is 0 Å². The van der Waals surface area contributed by atoms with E-state index in [1.807, 2.05) is 92.2 Å². The molecule has 0 bridgehead atoms. The highest BCUT2D eigenvalue weighted by atomic mass is 32.1. The third-order valence-corrected chi connectivity index (χ3v) is 24.4. The molecule has 111 heavy (non-hydrogen) atoms. The van der Waals surface area contributed by atoms with E-state index in [1.54, 1.807) is 34.0 Å². The van der Waals surface area contributed by atoms with Crippen molar-refractivity contribution in [2.24, 2.45) is 0 Å². The Labute approximate surface area is 646 Å². The van der Waals surface area contributed by atoms with Crippen LogP contribution >= 0.6 is 34.0 Å². The van der Waals surface area contributed by atoms with Crippen molar-refractivity contribution in [1.82, 2.24) is 57.3 Å². The summed E-state index contributed by atoms with van der Waals surface area (Å²) in [6, 6.07) is 109. The predicted molar refractivity (Wildman–Crippen MR) is 462 cm³/mol. The van der Waals surface area contributed by atoms with Gasteiger partial charge in [-0.3, -0.25) is 28.7 Å². The number of nitrogens with zero attached hydrogens (tertiary/aromatic N) is 12. The molecule has 0 saturated heterocycles. The van der Waals surface area contributed by atoms with Crippen LogP contribution in [0.3, 0.4) is 0 Å². The Morgan fingerprint density at radius 3 is 0.919 bits per heavy atom. The summed E-state index contributed by atoms with van der Waals surface area (Å²) in [7, 11) is 0. The molecule has 24 rings (SSSR count). The lowest BCUT2D eigenvalue weighted by Crippen LogP contribution is -1.95. The summed E-state index contributed by atoms with van der Waals surface area (Å²) in [6.07, 6.45) is 17.3. The van der Waals surface area contributed by atoms with E-state index in [9.17, 15) is 0 Å². The number of aromatic nitrogens is 12. The van der Waals surface area contributed by atoms with E-state index in [4.69, 9.17) is 15.0 Å². The molecule has 12 aromatic carbocycles. The molecule has 0 atom stereocenters. The van der Waals surface area contributed by atoms with Crippen molar-refractivity contribution in [3.05, 3.63) is 365 Å². The van der Waals surface area contributed by atoms with Crippen LogP contribution in [-0.4, -0.2) is 57.3 Å². The SMILES string of the molecule is c1ccc(-c2ncc(-n3c4ccccc4c4c3ccc3c5ccccc5n(-c5cccnc5)c34)s2)cc1.c1ccc(-c2ncc(-n3c4ccccc4c4cc5c(cc43)c3ccccc3n5-c3cccnc3)s2)cc1.c1ccc(-c2ncc(-n3c4ccccc4c4ccc5c(c6ccccc6n5-c5cccnc5)c43)s2)cc1. The summed E-state index contributed by atoms with van der Waals surface area (Å²) < 4.78 is 14.1. The van der Waals surface area contributed by atoms with Crippen LogP contribution in [-0.2, 0) is 0 Å². The minimum absolute atomic E-state index is 1.02. The summed E-state index contributed by atoms with van der Waals surface area (Å²) in [5.74, 6) is 0. The van der Waals surface area contributed by atoms with Crippen molar-refractivity contribution in [1.29, 1.82) is 0 Å². The number of benzene rings is 12. The van der Waals surface area contributed by atoms with E-state index in [0.29, 0.717) is 0 Å². The van der Waals surface area contributed by atoms with E-state index in [2.05, 4.69) is 315 Å². The number of thiazole rings is 3. The number of fused-ring (bicyclic) bond motifs is 20. The molecule has 12 nitrogen and oxygen atoms in total. The Kier molecular flexibility index (Phi) is 15.2. The van der Waals surface area contributed by atoms with Gasteiger partial charge in [0.25, 0.3) is 0 Å². The molecule has 0 N–H and O–H groups in total. The van der Waals surface area contributed by atoms with Gasteiger partial charge in [0.1, 0.15) is 30.0 Å². The van der Waals surface area contributed by atoms with Crippen LogP contribution < -0.4 is 0 Å². The first-order valence-corrected chi connectivity index (χ1v) is 39.2. The summed E-state index contributed by atoms with van der Waals surface area (Å²) in [4.78, 5) is 27.7. The first-order chi connectivity index (χ1) is 55.1. The highest BCUT2D eigenvalue weighted by Gasteiger charge is 2.26. The normalized spacial score (nSPS) is 11.8. The molecule has 24 aromatic rings. The van der Waals surface area contributed by atoms with Gasteiger partial charge in [0.15, 0.2) is 0 Å². The second kappa shape index (κ2) is 26.3. The van der Waals surface area contributed by atoms with Gasteiger partial charge in [0.05, 0.1) is 120 Å². The predicted octanol–water partition coefficient (Wildman–Crippen LogP) is 25.2. The third kappa shape index (κ3) is 10.4. The zero-order chi connectivity index (χ0) is 73.0. The Bertz CT molecular complexity index is 7700. The Morgan fingerprint density at radius 1 is 0.198 bits per heavy atom. The first-order valence-electron chi connectivity index (χ1n) is 36.8. The summed E-state index contributed by atoms with van der Waals surface area (Å²) >= 11 is 5.17. The van der Waals surface area contributed by atoms with Crippen molar-refractivity contribution in [2.45, 2.75) is 0 Å². The molecule has 0 aliphatic carbocycles. The minimum atomic E-state index is 1.02. The molecule has 0 amide bonds. The molecule has 0 fully saturated rings. The highest BCUT2D eigenvalue weighted by Crippen LogP contribution is 2.47. The number of hydrogen-bond acceptors (Lipinski definition) is 9. The van der Waals surface area contributed by atoms with Gasteiger partial charge in [-0.05, 0) is 97.1 Å². The lowest BCUT2D eigenvalue weighted by atomic mass is 10.1. The van der Waals surface area contributed by atoms with Gasteiger partial charge in [-0.25, -0.2) is 15.0 Å². The molecule has 0 aliphatic rings. The number of hydrogen-bond donors (Lipinski definition) is 0. The van der Waals surface area contributed by atoms with Gasteiger partial charge < -0.3 is 13.7 Å². The quantitative estimate of drug-likeness (QED) is 0.142. The Hall–Kier alpha value is -14.2. The van der Waals surface area contributed by atoms with E-state index in [-0.39, 0.29) is 0 Å². The maximum Gasteiger partial charge on any atom is 0.125 e. The lowest BCUT2D eigenvalue weighted by Gasteiger charge is -2.08. The second-order valence-electron chi connectivity index (χ2n) is 27.5. The monoisotopic (exact) mass is 1480 g/mol. The number of pyridine rings is 3. The standard InChI is InChI=1S/3C32H20N4S/c1-2-9-21(10-3-1)32-34-20-29(37-32)36-26-14-6-4-12-23(26)24-16-17-28-30(31(24)36)25-13-5-7-15-27(25)35(28)22-11-8-18-33-19-22;1-2-9-21(10-3-1)32-34-20-29(37-32)36-27-15-7-5-13-25(27)30-28(36)17-16-24-23-12-4-6-14-26(23)35(31(24)30)22-11-8-18-33-19-22;1-2-9-21(10-3-1)32-34-20-31(37-32)36-28-15-7-5-13-24(28)26-17-29-25(18-30(26)36)23-12-4-6-14-27(23)35(29)22-11-8-16-33-19-22/h3*1-20H. The molecular formula is C96H60N12S3. The summed E-state index contributed by atoms with van der Waals surface area (Å²) in [5.41, 5.74) is 20.8. The van der Waals surface area contributed by atoms with Gasteiger partial charge in [0, 0.05) is 99.9 Å². The van der Waals surface area contributed by atoms with Crippen LogP contribution in [0.1, 0.15) is 0 Å². The summed E-state index contributed by atoms with van der Waals surface area (Å²) in [5, 5.41) is 21.2. The molecule has 0 aliphatic heterocycles. The Balaban J connectivity index is 0.000000102. The van der Waals surface area contributed by atoms with E-state index >= 15 is 0 Å². The highest BCUT2D eigenvalue weighted by molar-refractivity contribution is 7.18. The third-order valence-electron chi connectivity index (χ3n) is 21.3. The smallest absolute Gasteiger partial charge is 0.125 e. The maximum absolute atomic E-state index is 4.84. The van der Waals surface area contributed by atoms with Crippen molar-refractivity contribution in [3.63, 3.8) is 0 Å². The van der Waals surface area contributed by atoms with E-state index in [1.165, 1.54) is 131 Å². The minimum Gasteiger partial charge on any atom is -0.308 e. The fourth-order valence-electron chi connectivity index (χ4n) is 16.7. The second-order valence-corrected chi connectivity index (χ2v) is 30.5. The zero-order valence-electron chi connectivity index (χ0n) is 59.2. The average molecular weight is 1480 g/mol. The fourth-order valence-corrected chi connectivity index (χ4v) is 19.5. The largest absolute Gasteiger partial charge is 0.308 e. The molecule has 12 aromatic heterocycles. The topological polar surface area (TPSA) is 107 Å². The molecule has 522 valence electrons. The van der Waals surface area contributed by atoms with Gasteiger partial charge >= 0.3 is 0 Å². The average Bonchev–Trinajstić information content (AvgIpc) is 1.56. The zero-order valence-corrected chi connectivity index (χ0v) is 61.7. The van der Waals surface area contributed by atoms with Gasteiger partial charge in [0.2, 0.25) is 0 Å². The van der Waals surface area contributed by atoms with Crippen LogP contribution in [0.15, 0.2) is 365 Å². The van der Waals surface area contributed by atoms with Gasteiger partial charge in [-0.2, -0.15) is 0 Å². The van der Waals surface area contributed by atoms with Crippen LogP contribution in [0, 0.1) is 0 Å². The van der Waals surface area contributed by atoms with E-state index in [0.717, 1.165) is 63.8 Å². The maximum atomic E-state index is 4.84. The van der Waals surface area contributed by atoms with Crippen LogP contribution in [0.5, 0.6) is 0 Å². The summed E-state index contributed by atoms with van der Waals surface area (Å²) in [6.45, 7) is 0. The Morgan fingerprint density at radius 2 is 0.495 bits per heavy atom. The lowest BCUT2D eigenvalue weighted by molar-refractivity contribution is 1.14. The molecule has 15 heteroatoms. The van der Waals surface area contributed by atoms with Crippen LogP contribution in [0.2, 0.25) is 0 Å². The van der Waals surface area contributed by atoms with Crippen LogP contribution in [0.25, 0.3) is 195 Å². The molecule has 0 radical (unpaired) electrons. The molecular weight excluding hydrogens is 1420 g/mol.